The van der Waals surface area contributed by atoms with Crippen LogP contribution in [0, 0.1) is 6.92 Å². The lowest BCUT2D eigenvalue weighted by molar-refractivity contribution is 0.262. The molecule has 0 saturated heterocycles. The number of amides is 2. The third-order valence-corrected chi connectivity index (χ3v) is 7.07. The number of urea groups is 1. The minimum atomic E-state index is -0.356. The van der Waals surface area contributed by atoms with Crippen molar-refractivity contribution in [2.45, 2.75) is 33.1 Å². The predicted molar refractivity (Wildman–Crippen MR) is 171 cm³/mol. The van der Waals surface area contributed by atoms with E-state index in [0.29, 0.717) is 23.1 Å². The summed E-state index contributed by atoms with van der Waals surface area (Å²) in [6, 6.07) is 28.9. The van der Waals surface area contributed by atoms with Crippen LogP contribution >= 0.6 is 0 Å². The highest BCUT2D eigenvalue weighted by molar-refractivity contribution is 6.09. The fourth-order valence-electron chi connectivity index (χ4n) is 4.78. The van der Waals surface area contributed by atoms with Gasteiger partial charge in [-0.05, 0) is 54.3 Å². The first kappa shape index (κ1) is 27.7. The zero-order valence-corrected chi connectivity index (χ0v) is 24.5. The van der Waals surface area contributed by atoms with Crippen LogP contribution < -0.4 is 15.4 Å². The quantitative estimate of drug-likeness (QED) is 0.210. The molecule has 0 bridgehead atoms. The summed E-state index contributed by atoms with van der Waals surface area (Å²) in [5.41, 5.74) is 5.34. The van der Waals surface area contributed by atoms with Crippen LogP contribution in [0.4, 0.5) is 16.3 Å². The van der Waals surface area contributed by atoms with Crippen LogP contribution in [0.5, 0.6) is 11.6 Å². The van der Waals surface area contributed by atoms with Crippen molar-refractivity contribution >= 4 is 28.3 Å². The van der Waals surface area contributed by atoms with Crippen LogP contribution in [-0.4, -0.2) is 25.8 Å². The van der Waals surface area contributed by atoms with E-state index >= 15 is 0 Å². The Labute approximate surface area is 250 Å². The Balaban J connectivity index is 1.26. The summed E-state index contributed by atoms with van der Waals surface area (Å²) in [5, 5.41) is 12.8. The van der Waals surface area contributed by atoms with E-state index in [9.17, 15) is 4.79 Å². The number of benzene rings is 3. The summed E-state index contributed by atoms with van der Waals surface area (Å²) in [6.45, 7) is 8.34. The lowest BCUT2D eigenvalue weighted by Gasteiger charge is -2.14. The second-order valence-electron chi connectivity index (χ2n) is 11.4. The summed E-state index contributed by atoms with van der Waals surface area (Å²) in [4.78, 5) is 21.9. The normalized spacial score (nSPS) is 11.3. The van der Waals surface area contributed by atoms with Gasteiger partial charge in [0.05, 0.1) is 23.3 Å². The molecule has 2 N–H and O–H groups in total. The average molecular weight is 569 g/mol. The number of nitrogens with one attached hydrogen (secondary N) is 2. The van der Waals surface area contributed by atoms with E-state index in [1.807, 2.05) is 97.9 Å². The van der Waals surface area contributed by atoms with Gasteiger partial charge in [-0.15, -0.1) is 0 Å². The molecule has 6 aromatic rings. The Morgan fingerprint density at radius 1 is 0.837 bits per heavy atom. The zero-order chi connectivity index (χ0) is 30.0. The number of aromatic nitrogens is 4. The van der Waals surface area contributed by atoms with Gasteiger partial charge in [-0.1, -0.05) is 68.8 Å². The molecule has 6 rings (SSSR count). The monoisotopic (exact) mass is 568 g/mol. The van der Waals surface area contributed by atoms with Crippen LogP contribution in [0.2, 0.25) is 0 Å². The number of aryl methyl sites for hydroxylation is 1. The van der Waals surface area contributed by atoms with E-state index in [4.69, 9.17) is 9.84 Å². The van der Waals surface area contributed by atoms with Gasteiger partial charge in [0.2, 0.25) is 5.88 Å². The Kier molecular flexibility index (Phi) is 7.34. The molecule has 8 nitrogen and oxygen atoms in total. The maximum Gasteiger partial charge on any atom is 0.324 e. The van der Waals surface area contributed by atoms with Crippen molar-refractivity contribution in [1.82, 2.24) is 19.7 Å². The Morgan fingerprint density at radius 2 is 1.63 bits per heavy atom. The summed E-state index contributed by atoms with van der Waals surface area (Å²) >= 11 is 0. The van der Waals surface area contributed by atoms with Gasteiger partial charge < -0.3 is 10.1 Å². The number of carbonyl (C=O) groups is 1. The van der Waals surface area contributed by atoms with E-state index in [2.05, 4.69) is 41.4 Å². The molecule has 43 heavy (non-hydrogen) atoms. The van der Waals surface area contributed by atoms with E-state index in [1.165, 1.54) is 0 Å². The molecule has 0 atom stereocenters. The van der Waals surface area contributed by atoms with Crippen LogP contribution in [0.15, 0.2) is 110 Å². The number of rotatable bonds is 6. The minimum Gasteiger partial charge on any atom is -0.437 e. The Bertz CT molecular complexity index is 1890. The van der Waals surface area contributed by atoms with Gasteiger partial charge in [0.15, 0.2) is 0 Å². The van der Waals surface area contributed by atoms with Crippen molar-refractivity contribution in [2.24, 2.45) is 0 Å². The number of hydrogen-bond donors (Lipinski definition) is 2. The van der Waals surface area contributed by atoms with E-state index in [-0.39, 0.29) is 11.4 Å². The summed E-state index contributed by atoms with van der Waals surface area (Å²) in [5.74, 6) is 1.70. The van der Waals surface area contributed by atoms with E-state index in [1.54, 1.807) is 23.3 Å². The first-order valence-electron chi connectivity index (χ1n) is 14.1. The number of nitrogens with zero attached hydrogens (tertiary/aromatic N) is 4. The van der Waals surface area contributed by atoms with Gasteiger partial charge in [0.25, 0.3) is 0 Å². The SMILES string of the molecule is Cc1ccc(-n2nc(C(C)(C)C)cc2NC(=O)Nc2ccc(-c3ccc(Oc4cccnc4)nc3)c3ccccc23)cc1. The summed E-state index contributed by atoms with van der Waals surface area (Å²) in [7, 11) is 0. The molecule has 0 radical (unpaired) electrons. The molecule has 0 aliphatic heterocycles. The largest absolute Gasteiger partial charge is 0.437 e. The first-order chi connectivity index (χ1) is 20.7. The van der Waals surface area contributed by atoms with Gasteiger partial charge in [0.1, 0.15) is 11.6 Å². The molecular weight excluding hydrogens is 536 g/mol. The van der Waals surface area contributed by atoms with Crippen molar-refractivity contribution in [3.63, 3.8) is 0 Å². The number of anilines is 2. The van der Waals surface area contributed by atoms with Crippen molar-refractivity contribution < 1.29 is 9.53 Å². The number of hydrogen-bond acceptors (Lipinski definition) is 5. The number of fused-ring (bicyclic) bond motifs is 1. The third-order valence-electron chi connectivity index (χ3n) is 7.07. The van der Waals surface area contributed by atoms with Crippen molar-refractivity contribution in [2.75, 3.05) is 10.6 Å². The van der Waals surface area contributed by atoms with Gasteiger partial charge in [-0.2, -0.15) is 5.10 Å². The Hall–Kier alpha value is -5.50. The molecule has 0 saturated carbocycles. The lowest BCUT2D eigenvalue weighted by atomic mass is 9.92. The molecule has 0 fully saturated rings. The molecule has 8 heteroatoms. The molecule has 0 unspecified atom stereocenters. The van der Waals surface area contributed by atoms with Gasteiger partial charge in [0, 0.05) is 40.9 Å². The molecule has 2 amide bonds. The number of pyridine rings is 2. The molecule has 3 aromatic carbocycles. The number of ether oxygens (including phenoxy) is 1. The molecular formula is C35H32N6O2. The van der Waals surface area contributed by atoms with E-state index in [0.717, 1.165) is 38.8 Å². The van der Waals surface area contributed by atoms with Gasteiger partial charge in [-0.3, -0.25) is 10.3 Å². The van der Waals surface area contributed by atoms with Crippen molar-refractivity contribution in [3.05, 3.63) is 121 Å². The van der Waals surface area contributed by atoms with Crippen LogP contribution in [0.3, 0.4) is 0 Å². The smallest absolute Gasteiger partial charge is 0.324 e. The second kappa shape index (κ2) is 11.4. The highest BCUT2D eigenvalue weighted by Crippen LogP contribution is 2.34. The topological polar surface area (TPSA) is 94.0 Å². The van der Waals surface area contributed by atoms with Gasteiger partial charge in [-0.25, -0.2) is 14.5 Å². The van der Waals surface area contributed by atoms with E-state index < -0.39 is 0 Å². The molecule has 0 spiro atoms. The molecule has 3 heterocycles. The van der Waals surface area contributed by atoms with Crippen molar-refractivity contribution in [3.8, 4) is 28.4 Å². The minimum absolute atomic E-state index is 0.188. The fourth-order valence-corrected chi connectivity index (χ4v) is 4.78. The summed E-state index contributed by atoms with van der Waals surface area (Å²) < 4.78 is 7.57. The highest BCUT2D eigenvalue weighted by Gasteiger charge is 2.22. The standard InChI is InChI=1S/C35H32N6O2/c1-23-11-14-25(15-12-23)41-32(20-31(40-41)35(2,3)4)39-34(42)38-30-17-16-27(28-9-5-6-10-29(28)30)24-13-18-33(37-21-24)43-26-8-7-19-36-22-26/h5-22H,1-4H3,(H2,38,39,42). The molecule has 214 valence electrons. The molecule has 0 aliphatic rings. The molecule has 0 aliphatic carbocycles. The van der Waals surface area contributed by atoms with Crippen molar-refractivity contribution in [1.29, 1.82) is 0 Å². The third kappa shape index (κ3) is 6.08. The van der Waals surface area contributed by atoms with Crippen LogP contribution in [0.1, 0.15) is 32.0 Å². The highest BCUT2D eigenvalue weighted by atomic mass is 16.5. The molecule has 3 aromatic heterocycles. The summed E-state index contributed by atoms with van der Waals surface area (Å²) in [6.07, 6.45) is 5.12. The zero-order valence-electron chi connectivity index (χ0n) is 24.5. The lowest BCUT2D eigenvalue weighted by Crippen LogP contribution is -2.21. The predicted octanol–water partition coefficient (Wildman–Crippen LogP) is 8.52. The maximum atomic E-state index is 13.4. The van der Waals surface area contributed by atoms with Gasteiger partial charge >= 0.3 is 6.03 Å². The first-order valence-corrected chi connectivity index (χ1v) is 14.1. The van der Waals surface area contributed by atoms with Crippen LogP contribution in [-0.2, 0) is 5.41 Å². The fraction of sp³-hybridized carbons (Fsp3) is 0.143. The number of carbonyl (C=O) groups excluding carboxylic acids is 1. The van der Waals surface area contributed by atoms with Crippen LogP contribution in [0.25, 0.3) is 27.6 Å². The second-order valence-corrected chi connectivity index (χ2v) is 11.4. The average Bonchev–Trinajstić information content (AvgIpc) is 3.43. The Morgan fingerprint density at radius 3 is 2.33 bits per heavy atom. The maximum absolute atomic E-state index is 13.4.